The maximum Gasteiger partial charge on any atom is 0.323 e. The van der Waals surface area contributed by atoms with Crippen molar-refractivity contribution in [1.29, 1.82) is 5.26 Å². The molecule has 6 rings (SSSR count). The van der Waals surface area contributed by atoms with Crippen molar-refractivity contribution in [2.24, 2.45) is 5.73 Å². The van der Waals surface area contributed by atoms with Gasteiger partial charge in [-0.15, -0.1) is 0 Å². The SMILES string of the molecule is N#CC1=C(N)Oc2cc(OC(=O)C(c3ccccc3)c3ccccc3)ccc2C1c1ccc(OCc2ccc(F)cc2)cc1. The fourth-order valence-corrected chi connectivity index (χ4v) is 5.28. The molecule has 6 nitrogen and oxygen atoms in total. The minimum atomic E-state index is -0.624. The minimum Gasteiger partial charge on any atom is -0.489 e. The maximum absolute atomic E-state index is 13.6. The number of esters is 1. The van der Waals surface area contributed by atoms with Crippen LogP contribution in [0.5, 0.6) is 17.2 Å². The zero-order chi connectivity index (χ0) is 30.5. The van der Waals surface area contributed by atoms with Crippen LogP contribution in [-0.2, 0) is 11.4 Å². The summed E-state index contributed by atoms with van der Waals surface area (Å²) < 4.78 is 30.8. The number of hydrogen-bond donors (Lipinski definition) is 1. The third-order valence-corrected chi connectivity index (χ3v) is 7.44. The predicted molar refractivity (Wildman–Crippen MR) is 163 cm³/mol. The van der Waals surface area contributed by atoms with Crippen LogP contribution in [0.4, 0.5) is 4.39 Å². The number of benzene rings is 5. The smallest absolute Gasteiger partial charge is 0.323 e. The number of ether oxygens (including phenoxy) is 3. The normalized spacial score (nSPS) is 13.9. The highest BCUT2D eigenvalue weighted by Crippen LogP contribution is 2.44. The number of nitrogens with zero attached hydrogens (tertiary/aromatic N) is 1. The number of halogens is 1. The molecule has 0 amide bonds. The molecule has 1 aliphatic heterocycles. The summed E-state index contributed by atoms with van der Waals surface area (Å²) in [5, 5.41) is 9.97. The molecule has 44 heavy (non-hydrogen) atoms. The molecule has 0 aliphatic carbocycles. The molecule has 0 fully saturated rings. The van der Waals surface area contributed by atoms with Crippen LogP contribution < -0.4 is 19.9 Å². The zero-order valence-electron chi connectivity index (χ0n) is 23.5. The number of fused-ring (bicyclic) bond motifs is 1. The van der Waals surface area contributed by atoms with E-state index in [2.05, 4.69) is 6.07 Å². The number of nitriles is 1. The molecule has 0 saturated carbocycles. The fraction of sp³-hybridized carbons (Fsp3) is 0.0811. The largest absolute Gasteiger partial charge is 0.489 e. The Morgan fingerprint density at radius 3 is 2.07 bits per heavy atom. The summed E-state index contributed by atoms with van der Waals surface area (Å²) in [7, 11) is 0. The number of nitrogens with two attached hydrogens (primary N) is 1. The lowest BCUT2D eigenvalue weighted by molar-refractivity contribution is -0.135. The Kier molecular flexibility index (Phi) is 8.06. The highest BCUT2D eigenvalue weighted by molar-refractivity contribution is 5.84. The summed E-state index contributed by atoms with van der Waals surface area (Å²) in [6, 6.07) is 39.7. The van der Waals surface area contributed by atoms with Crippen molar-refractivity contribution in [3.63, 3.8) is 0 Å². The third kappa shape index (κ3) is 6.01. The molecule has 0 bridgehead atoms. The molecular weight excluding hydrogens is 555 g/mol. The molecule has 0 saturated heterocycles. The van der Waals surface area contributed by atoms with E-state index in [0.717, 1.165) is 22.3 Å². The minimum absolute atomic E-state index is 0.0171. The summed E-state index contributed by atoms with van der Waals surface area (Å²) in [6.07, 6.45) is 0. The quantitative estimate of drug-likeness (QED) is 0.152. The standard InChI is InChI=1S/C37H27FN2O4/c38-28-15-11-24(12-16-28)23-42-29-17-13-27(14-18-29)35-31-20-19-30(21-33(31)44-36(40)32(35)22-39)43-37(41)34(25-7-3-1-4-8-25)26-9-5-2-6-10-26/h1-21,34-35H,23,40H2. The summed E-state index contributed by atoms with van der Waals surface area (Å²) in [5.74, 6) is -0.573. The van der Waals surface area contributed by atoms with Crippen LogP contribution in [-0.4, -0.2) is 5.97 Å². The van der Waals surface area contributed by atoms with Gasteiger partial charge in [0.2, 0.25) is 5.88 Å². The molecular formula is C37H27FN2O4. The Bertz CT molecular complexity index is 1810. The van der Waals surface area contributed by atoms with Crippen LogP contribution in [0.15, 0.2) is 139 Å². The Labute approximate surface area is 254 Å². The van der Waals surface area contributed by atoms with Gasteiger partial charge in [-0.05, 0) is 52.6 Å². The Morgan fingerprint density at radius 1 is 0.841 bits per heavy atom. The number of carbonyl (C=O) groups excluding carboxylic acids is 1. The van der Waals surface area contributed by atoms with Crippen LogP contribution in [0, 0.1) is 17.1 Å². The van der Waals surface area contributed by atoms with Crippen LogP contribution in [0.25, 0.3) is 0 Å². The van der Waals surface area contributed by atoms with Gasteiger partial charge in [0.05, 0.1) is 5.92 Å². The van der Waals surface area contributed by atoms with Gasteiger partial charge in [0.1, 0.15) is 47.2 Å². The molecule has 1 heterocycles. The van der Waals surface area contributed by atoms with Gasteiger partial charge >= 0.3 is 5.97 Å². The average Bonchev–Trinajstić information content (AvgIpc) is 3.05. The van der Waals surface area contributed by atoms with Gasteiger partial charge in [-0.25, -0.2) is 4.39 Å². The van der Waals surface area contributed by atoms with Crippen molar-refractivity contribution in [3.05, 3.63) is 172 Å². The lowest BCUT2D eigenvalue weighted by atomic mass is 9.83. The van der Waals surface area contributed by atoms with Crippen LogP contribution in [0.2, 0.25) is 0 Å². The Balaban J connectivity index is 1.24. The molecule has 0 spiro atoms. The van der Waals surface area contributed by atoms with E-state index in [0.29, 0.717) is 22.8 Å². The molecule has 1 unspecified atom stereocenters. The van der Waals surface area contributed by atoms with E-state index in [9.17, 15) is 14.4 Å². The van der Waals surface area contributed by atoms with Crippen molar-refractivity contribution in [1.82, 2.24) is 0 Å². The van der Waals surface area contributed by atoms with Crippen molar-refractivity contribution < 1.29 is 23.4 Å². The van der Waals surface area contributed by atoms with Gasteiger partial charge in [0, 0.05) is 11.6 Å². The monoisotopic (exact) mass is 582 g/mol. The number of rotatable bonds is 8. The van der Waals surface area contributed by atoms with Gasteiger partial charge in [-0.3, -0.25) is 4.79 Å². The van der Waals surface area contributed by atoms with Crippen molar-refractivity contribution in [2.75, 3.05) is 0 Å². The molecule has 2 N–H and O–H groups in total. The van der Waals surface area contributed by atoms with E-state index in [-0.39, 0.29) is 23.9 Å². The highest BCUT2D eigenvalue weighted by atomic mass is 19.1. The van der Waals surface area contributed by atoms with E-state index >= 15 is 0 Å². The van der Waals surface area contributed by atoms with Gasteiger partial charge < -0.3 is 19.9 Å². The first-order chi connectivity index (χ1) is 21.5. The number of hydrogen-bond acceptors (Lipinski definition) is 6. The molecule has 5 aromatic carbocycles. The Morgan fingerprint density at radius 2 is 1.45 bits per heavy atom. The van der Waals surface area contributed by atoms with Gasteiger partial charge in [0.25, 0.3) is 0 Å². The first-order valence-electron chi connectivity index (χ1n) is 14.0. The van der Waals surface area contributed by atoms with E-state index < -0.39 is 17.8 Å². The van der Waals surface area contributed by atoms with Gasteiger partial charge in [0.15, 0.2) is 0 Å². The van der Waals surface area contributed by atoms with E-state index in [1.807, 2.05) is 84.9 Å². The van der Waals surface area contributed by atoms with Gasteiger partial charge in [-0.2, -0.15) is 5.26 Å². The van der Waals surface area contributed by atoms with E-state index in [1.165, 1.54) is 12.1 Å². The number of carbonyl (C=O) groups is 1. The van der Waals surface area contributed by atoms with Crippen molar-refractivity contribution >= 4 is 5.97 Å². The first kappa shape index (κ1) is 28.3. The molecule has 7 heteroatoms. The summed E-state index contributed by atoms with van der Waals surface area (Å²) in [6.45, 7) is 0.285. The first-order valence-corrected chi connectivity index (χ1v) is 14.0. The topological polar surface area (TPSA) is 94.6 Å². The second kappa shape index (κ2) is 12.6. The zero-order valence-corrected chi connectivity index (χ0v) is 23.5. The van der Waals surface area contributed by atoms with Crippen molar-refractivity contribution in [3.8, 4) is 23.3 Å². The van der Waals surface area contributed by atoms with E-state index in [4.69, 9.17) is 19.9 Å². The second-order valence-electron chi connectivity index (χ2n) is 10.3. The molecule has 1 atom stereocenters. The Hall–Kier alpha value is -5.87. The summed E-state index contributed by atoms with van der Waals surface area (Å²) >= 11 is 0. The molecule has 1 aliphatic rings. The predicted octanol–water partition coefficient (Wildman–Crippen LogP) is 7.36. The molecule has 5 aromatic rings. The highest BCUT2D eigenvalue weighted by Gasteiger charge is 2.32. The number of allylic oxidation sites excluding steroid dienone is 1. The molecule has 0 aromatic heterocycles. The maximum atomic E-state index is 13.6. The van der Waals surface area contributed by atoms with Crippen molar-refractivity contribution in [2.45, 2.75) is 18.4 Å². The molecule has 216 valence electrons. The second-order valence-corrected chi connectivity index (χ2v) is 10.3. The van der Waals surface area contributed by atoms with Crippen LogP contribution in [0.1, 0.15) is 39.7 Å². The lowest BCUT2D eigenvalue weighted by Crippen LogP contribution is -2.22. The third-order valence-electron chi connectivity index (χ3n) is 7.44. The van der Waals surface area contributed by atoms with Crippen LogP contribution in [0.3, 0.4) is 0 Å². The molecule has 0 radical (unpaired) electrons. The fourth-order valence-electron chi connectivity index (χ4n) is 5.28. The average molecular weight is 583 g/mol. The van der Waals surface area contributed by atoms with E-state index in [1.54, 1.807) is 30.3 Å². The lowest BCUT2D eigenvalue weighted by Gasteiger charge is -2.27. The van der Waals surface area contributed by atoms with Crippen LogP contribution >= 0.6 is 0 Å². The summed E-state index contributed by atoms with van der Waals surface area (Å²) in [4.78, 5) is 13.6. The van der Waals surface area contributed by atoms with Gasteiger partial charge in [-0.1, -0.05) is 91.0 Å². The summed E-state index contributed by atoms with van der Waals surface area (Å²) in [5.41, 5.74) is 10.5.